The fraction of sp³-hybridized carbons (Fsp3) is 0.750. The van der Waals surface area contributed by atoms with Crippen LogP contribution in [0.3, 0.4) is 0 Å². The number of anilines is 1. The first kappa shape index (κ1) is 15.2. The van der Waals surface area contributed by atoms with Crippen LogP contribution in [-0.2, 0) is 6.54 Å². The Balaban J connectivity index is 1.98. The van der Waals surface area contributed by atoms with Gasteiger partial charge >= 0.3 is 0 Å². The second-order valence-electron chi connectivity index (χ2n) is 6.20. The van der Waals surface area contributed by atoms with Crippen LogP contribution in [0.15, 0.2) is 6.20 Å². The maximum absolute atomic E-state index is 4.70. The number of rotatable bonds is 6. The van der Waals surface area contributed by atoms with Gasteiger partial charge in [0, 0.05) is 37.1 Å². The van der Waals surface area contributed by atoms with Gasteiger partial charge < -0.3 is 10.2 Å². The lowest BCUT2D eigenvalue weighted by Crippen LogP contribution is -2.24. The number of hydrogen-bond acceptors (Lipinski definition) is 4. The third-order valence-electron chi connectivity index (χ3n) is 4.26. The maximum atomic E-state index is 4.70. The fourth-order valence-corrected chi connectivity index (χ4v) is 2.72. The summed E-state index contributed by atoms with van der Waals surface area (Å²) in [5.41, 5.74) is 2.31. The highest BCUT2D eigenvalue weighted by Gasteiger charge is 2.26. The third kappa shape index (κ3) is 3.69. The smallest absolute Gasteiger partial charge is 0.225 e. The lowest BCUT2D eigenvalue weighted by Gasteiger charge is -2.19. The number of nitrogens with zero attached hydrogens (tertiary/aromatic N) is 3. The molecule has 112 valence electrons. The minimum Gasteiger partial charge on any atom is -0.341 e. The molecule has 20 heavy (non-hydrogen) atoms. The van der Waals surface area contributed by atoms with E-state index < -0.39 is 0 Å². The first-order valence-corrected chi connectivity index (χ1v) is 7.90. The van der Waals surface area contributed by atoms with E-state index in [1.54, 1.807) is 0 Å². The predicted molar refractivity (Wildman–Crippen MR) is 83.9 cm³/mol. The van der Waals surface area contributed by atoms with E-state index in [-0.39, 0.29) is 0 Å². The van der Waals surface area contributed by atoms with Crippen molar-refractivity contribution in [2.24, 2.45) is 11.8 Å². The van der Waals surface area contributed by atoms with Gasteiger partial charge in [-0.25, -0.2) is 9.97 Å². The molecule has 1 atom stereocenters. The van der Waals surface area contributed by atoms with Crippen molar-refractivity contribution in [3.8, 4) is 0 Å². The third-order valence-corrected chi connectivity index (χ3v) is 4.26. The summed E-state index contributed by atoms with van der Waals surface area (Å²) in [6.07, 6.45) is 4.41. The summed E-state index contributed by atoms with van der Waals surface area (Å²) in [6.45, 7) is 13.0. The molecule has 1 saturated heterocycles. The molecule has 1 aliphatic rings. The van der Waals surface area contributed by atoms with Crippen LogP contribution in [0.4, 0.5) is 5.95 Å². The summed E-state index contributed by atoms with van der Waals surface area (Å²) in [5, 5.41) is 3.41. The molecule has 1 fully saturated rings. The quantitative estimate of drug-likeness (QED) is 0.811. The summed E-state index contributed by atoms with van der Waals surface area (Å²) in [7, 11) is 0. The SMILES string of the molecule is CCCNCc1cnc(N2CCC(C(C)C)C2)nc1C. The van der Waals surface area contributed by atoms with Crippen molar-refractivity contribution < 1.29 is 0 Å². The van der Waals surface area contributed by atoms with Crippen molar-refractivity contribution >= 4 is 5.95 Å². The Morgan fingerprint density at radius 2 is 2.25 bits per heavy atom. The minimum atomic E-state index is 0.749. The minimum absolute atomic E-state index is 0.749. The molecule has 0 spiro atoms. The van der Waals surface area contributed by atoms with Crippen molar-refractivity contribution in [3.63, 3.8) is 0 Å². The number of nitrogens with one attached hydrogen (secondary N) is 1. The second kappa shape index (κ2) is 7.02. The van der Waals surface area contributed by atoms with Gasteiger partial charge in [-0.05, 0) is 38.1 Å². The monoisotopic (exact) mass is 276 g/mol. The molecule has 0 aliphatic carbocycles. The predicted octanol–water partition coefficient (Wildman–Crippen LogP) is 2.77. The summed E-state index contributed by atoms with van der Waals surface area (Å²) in [5.74, 6) is 2.44. The molecule has 1 N–H and O–H groups in total. The Hall–Kier alpha value is -1.16. The van der Waals surface area contributed by atoms with Crippen molar-refractivity contribution in [3.05, 3.63) is 17.5 Å². The van der Waals surface area contributed by atoms with E-state index in [1.807, 2.05) is 6.20 Å². The standard InChI is InChI=1S/C16H28N4/c1-5-7-17-9-15-10-18-16(19-13(15)4)20-8-6-14(11-20)12(2)3/h10,12,14,17H,5-9,11H2,1-4H3. The van der Waals surface area contributed by atoms with Crippen molar-refractivity contribution in [1.29, 1.82) is 0 Å². The highest BCUT2D eigenvalue weighted by atomic mass is 15.3. The van der Waals surface area contributed by atoms with Gasteiger partial charge in [-0.3, -0.25) is 0 Å². The molecule has 1 aromatic heterocycles. The van der Waals surface area contributed by atoms with Crippen LogP contribution in [0.25, 0.3) is 0 Å². The second-order valence-corrected chi connectivity index (χ2v) is 6.20. The average Bonchev–Trinajstić information content (AvgIpc) is 2.90. The Bertz CT molecular complexity index is 430. The molecule has 1 unspecified atom stereocenters. The fourth-order valence-electron chi connectivity index (χ4n) is 2.72. The molecular weight excluding hydrogens is 248 g/mol. The first-order chi connectivity index (χ1) is 9.61. The molecule has 0 amide bonds. The highest BCUT2D eigenvalue weighted by Crippen LogP contribution is 2.26. The topological polar surface area (TPSA) is 41.1 Å². The molecule has 0 saturated carbocycles. The molecule has 0 bridgehead atoms. The van der Waals surface area contributed by atoms with E-state index in [4.69, 9.17) is 4.98 Å². The van der Waals surface area contributed by atoms with Crippen LogP contribution in [0.2, 0.25) is 0 Å². The van der Waals surface area contributed by atoms with E-state index in [2.05, 4.69) is 42.9 Å². The van der Waals surface area contributed by atoms with Gasteiger partial charge in [-0.2, -0.15) is 0 Å². The summed E-state index contributed by atoms with van der Waals surface area (Å²) >= 11 is 0. The van der Waals surface area contributed by atoms with Gasteiger partial charge in [0.15, 0.2) is 0 Å². The van der Waals surface area contributed by atoms with Gasteiger partial charge in [-0.1, -0.05) is 20.8 Å². The zero-order valence-electron chi connectivity index (χ0n) is 13.3. The Kier molecular flexibility index (Phi) is 5.35. The molecule has 2 rings (SSSR count). The largest absolute Gasteiger partial charge is 0.341 e. The van der Waals surface area contributed by atoms with Gasteiger partial charge in [0.25, 0.3) is 0 Å². The van der Waals surface area contributed by atoms with Gasteiger partial charge in [0.2, 0.25) is 5.95 Å². The van der Waals surface area contributed by atoms with Gasteiger partial charge in [0.05, 0.1) is 0 Å². The highest BCUT2D eigenvalue weighted by molar-refractivity contribution is 5.34. The van der Waals surface area contributed by atoms with Crippen LogP contribution < -0.4 is 10.2 Å². The normalized spacial score (nSPS) is 19.1. The number of hydrogen-bond donors (Lipinski definition) is 1. The van der Waals surface area contributed by atoms with Crippen molar-refractivity contribution in [2.75, 3.05) is 24.5 Å². The molecule has 0 aromatic carbocycles. The van der Waals surface area contributed by atoms with Crippen LogP contribution >= 0.6 is 0 Å². The Labute approximate surface area is 123 Å². The first-order valence-electron chi connectivity index (χ1n) is 7.90. The average molecular weight is 276 g/mol. The maximum Gasteiger partial charge on any atom is 0.225 e. The zero-order valence-corrected chi connectivity index (χ0v) is 13.3. The molecule has 1 aromatic rings. The van der Waals surface area contributed by atoms with Crippen molar-refractivity contribution in [1.82, 2.24) is 15.3 Å². The van der Waals surface area contributed by atoms with Crippen molar-refractivity contribution in [2.45, 2.75) is 47.1 Å². The van der Waals surface area contributed by atoms with E-state index in [9.17, 15) is 0 Å². The van der Waals surface area contributed by atoms with E-state index in [0.29, 0.717) is 0 Å². The van der Waals surface area contributed by atoms with Crippen LogP contribution in [0.1, 0.15) is 44.9 Å². The lowest BCUT2D eigenvalue weighted by molar-refractivity contribution is 0.422. The summed E-state index contributed by atoms with van der Waals surface area (Å²) in [4.78, 5) is 11.6. The summed E-state index contributed by atoms with van der Waals surface area (Å²) in [6, 6.07) is 0. The summed E-state index contributed by atoms with van der Waals surface area (Å²) < 4.78 is 0. The molecule has 2 heterocycles. The number of aromatic nitrogens is 2. The van der Waals surface area contributed by atoms with Gasteiger partial charge in [-0.15, -0.1) is 0 Å². The Morgan fingerprint density at radius 1 is 1.45 bits per heavy atom. The van der Waals surface area contributed by atoms with Crippen LogP contribution in [0, 0.1) is 18.8 Å². The lowest BCUT2D eigenvalue weighted by atomic mass is 9.95. The van der Waals surface area contributed by atoms with Crippen LogP contribution in [0.5, 0.6) is 0 Å². The molecule has 4 nitrogen and oxygen atoms in total. The van der Waals surface area contributed by atoms with E-state index in [1.165, 1.54) is 12.0 Å². The number of aryl methyl sites for hydroxylation is 1. The molecule has 1 aliphatic heterocycles. The van der Waals surface area contributed by atoms with Crippen LogP contribution in [-0.4, -0.2) is 29.6 Å². The van der Waals surface area contributed by atoms with E-state index in [0.717, 1.165) is 56.1 Å². The molecule has 4 heteroatoms. The molecule has 0 radical (unpaired) electrons. The van der Waals surface area contributed by atoms with Gasteiger partial charge in [0.1, 0.15) is 0 Å². The zero-order chi connectivity index (χ0) is 14.5. The Morgan fingerprint density at radius 3 is 2.85 bits per heavy atom. The van der Waals surface area contributed by atoms with E-state index >= 15 is 0 Å². The molecular formula is C16H28N4.